The first-order valence-corrected chi connectivity index (χ1v) is 6.96. The van der Waals surface area contributed by atoms with Crippen molar-refractivity contribution in [3.63, 3.8) is 0 Å². The van der Waals surface area contributed by atoms with Crippen LogP contribution in [0, 0.1) is 10.1 Å². The summed E-state index contributed by atoms with van der Waals surface area (Å²) in [5.41, 5.74) is -0.488. The van der Waals surface area contributed by atoms with Crippen LogP contribution in [0.4, 0.5) is 5.69 Å². The Hall–Kier alpha value is -2.89. The van der Waals surface area contributed by atoms with Crippen LogP contribution >= 0.6 is 0 Å². The molecule has 6 nitrogen and oxygen atoms in total. The van der Waals surface area contributed by atoms with Crippen molar-refractivity contribution in [2.24, 2.45) is 0 Å². The third-order valence-electron chi connectivity index (χ3n) is 3.57. The molecule has 0 amide bonds. The molecule has 0 bridgehead atoms. The van der Waals surface area contributed by atoms with Gasteiger partial charge in [0.05, 0.1) is 23.5 Å². The highest BCUT2D eigenvalue weighted by molar-refractivity contribution is 5.84. The minimum atomic E-state index is -0.935. The summed E-state index contributed by atoms with van der Waals surface area (Å²) in [5.74, 6) is -0.361. The van der Waals surface area contributed by atoms with Gasteiger partial charge in [0.25, 0.3) is 0 Å². The summed E-state index contributed by atoms with van der Waals surface area (Å²) in [7, 11) is 1.41. The SMILES string of the molecule is COc1ccc(OC(=O)C(C)(C)c2ccccc2)c([N+](=O)[O-])c1. The van der Waals surface area contributed by atoms with Gasteiger partial charge in [-0.2, -0.15) is 0 Å². The summed E-state index contributed by atoms with van der Waals surface area (Å²) < 4.78 is 10.2. The first kappa shape index (κ1) is 16.5. The molecule has 0 aliphatic heterocycles. The van der Waals surface area contributed by atoms with Crippen molar-refractivity contribution in [2.45, 2.75) is 19.3 Å². The summed E-state index contributed by atoms with van der Waals surface area (Å²) in [6.07, 6.45) is 0. The predicted octanol–water partition coefficient (Wildman–Crippen LogP) is 3.49. The first-order chi connectivity index (χ1) is 10.9. The third kappa shape index (κ3) is 3.48. The third-order valence-corrected chi connectivity index (χ3v) is 3.57. The topological polar surface area (TPSA) is 78.7 Å². The zero-order chi connectivity index (χ0) is 17.0. The van der Waals surface area contributed by atoms with E-state index in [0.29, 0.717) is 5.75 Å². The smallest absolute Gasteiger partial charge is 0.321 e. The van der Waals surface area contributed by atoms with Crippen LogP contribution in [-0.2, 0) is 10.2 Å². The van der Waals surface area contributed by atoms with E-state index in [1.54, 1.807) is 13.8 Å². The van der Waals surface area contributed by atoms with Gasteiger partial charge in [-0.25, -0.2) is 0 Å². The first-order valence-electron chi connectivity index (χ1n) is 6.96. The molecule has 0 fully saturated rings. The Balaban J connectivity index is 2.32. The molecule has 0 aliphatic carbocycles. The molecule has 0 aliphatic rings. The minimum Gasteiger partial charge on any atom is -0.496 e. The van der Waals surface area contributed by atoms with Crippen LogP contribution in [-0.4, -0.2) is 18.0 Å². The molecule has 0 saturated carbocycles. The normalized spacial score (nSPS) is 10.9. The molecule has 0 N–H and O–H groups in total. The zero-order valence-electron chi connectivity index (χ0n) is 13.1. The molecule has 23 heavy (non-hydrogen) atoms. The molecule has 2 rings (SSSR count). The van der Waals surface area contributed by atoms with Crippen molar-refractivity contribution >= 4 is 11.7 Å². The van der Waals surface area contributed by atoms with Gasteiger partial charge in [-0.3, -0.25) is 14.9 Å². The minimum absolute atomic E-state index is 0.107. The number of nitrogens with zero attached hydrogens (tertiary/aromatic N) is 1. The van der Waals surface area contributed by atoms with Crippen molar-refractivity contribution in [3.8, 4) is 11.5 Å². The summed E-state index contributed by atoms with van der Waals surface area (Å²) in [6, 6.07) is 13.2. The van der Waals surface area contributed by atoms with Gasteiger partial charge in [0, 0.05) is 0 Å². The Morgan fingerprint density at radius 2 is 1.78 bits per heavy atom. The lowest BCUT2D eigenvalue weighted by atomic mass is 9.85. The van der Waals surface area contributed by atoms with Gasteiger partial charge < -0.3 is 9.47 Å². The summed E-state index contributed by atoms with van der Waals surface area (Å²) in [6.45, 7) is 3.42. The standard InChI is InChI=1S/C17H17NO5/c1-17(2,12-7-5-4-6-8-12)16(19)23-15-10-9-13(22-3)11-14(15)18(20)21/h4-11H,1-3H3. The highest BCUT2D eigenvalue weighted by atomic mass is 16.6. The fraction of sp³-hybridized carbons (Fsp3) is 0.235. The van der Waals surface area contributed by atoms with Gasteiger partial charge in [-0.15, -0.1) is 0 Å². The van der Waals surface area contributed by atoms with Crippen molar-refractivity contribution in [1.29, 1.82) is 0 Å². The predicted molar refractivity (Wildman–Crippen MR) is 84.8 cm³/mol. The molecule has 0 heterocycles. The molecule has 2 aromatic rings. The number of carbonyl (C=O) groups excluding carboxylic acids is 1. The Bertz CT molecular complexity index is 725. The summed E-state index contributed by atoms with van der Waals surface area (Å²) in [5, 5.41) is 11.1. The largest absolute Gasteiger partial charge is 0.496 e. The highest BCUT2D eigenvalue weighted by Crippen LogP contribution is 2.33. The Morgan fingerprint density at radius 1 is 1.13 bits per heavy atom. The fourth-order valence-electron chi connectivity index (χ4n) is 2.05. The number of nitro groups is 1. The Morgan fingerprint density at radius 3 is 2.35 bits per heavy atom. The highest BCUT2D eigenvalue weighted by Gasteiger charge is 2.33. The quantitative estimate of drug-likeness (QED) is 0.365. The van der Waals surface area contributed by atoms with Gasteiger partial charge in [-0.1, -0.05) is 30.3 Å². The lowest BCUT2D eigenvalue weighted by molar-refractivity contribution is -0.385. The van der Waals surface area contributed by atoms with E-state index < -0.39 is 16.3 Å². The van der Waals surface area contributed by atoms with Gasteiger partial charge >= 0.3 is 11.7 Å². The lowest BCUT2D eigenvalue weighted by Gasteiger charge is -2.22. The average Bonchev–Trinajstić information content (AvgIpc) is 2.55. The van der Waals surface area contributed by atoms with Crippen LogP contribution in [0.1, 0.15) is 19.4 Å². The molecular weight excluding hydrogens is 298 g/mol. The number of ether oxygens (including phenoxy) is 2. The molecule has 6 heteroatoms. The fourth-order valence-corrected chi connectivity index (χ4v) is 2.05. The van der Waals surface area contributed by atoms with E-state index in [2.05, 4.69) is 0 Å². The molecule has 2 aromatic carbocycles. The molecule has 0 unspecified atom stereocenters. The van der Waals surface area contributed by atoms with Crippen LogP contribution in [0.5, 0.6) is 11.5 Å². The van der Waals surface area contributed by atoms with Crippen LogP contribution < -0.4 is 9.47 Å². The lowest BCUT2D eigenvalue weighted by Crippen LogP contribution is -2.33. The van der Waals surface area contributed by atoms with E-state index in [4.69, 9.17) is 9.47 Å². The monoisotopic (exact) mass is 315 g/mol. The maximum Gasteiger partial charge on any atom is 0.321 e. The number of hydrogen-bond acceptors (Lipinski definition) is 5. The number of esters is 1. The molecule has 0 saturated heterocycles. The number of nitro benzene ring substituents is 1. The molecule has 0 spiro atoms. The number of hydrogen-bond donors (Lipinski definition) is 0. The van der Waals surface area contributed by atoms with Gasteiger partial charge in [-0.05, 0) is 31.5 Å². The number of benzene rings is 2. The van der Waals surface area contributed by atoms with E-state index in [-0.39, 0.29) is 11.4 Å². The average molecular weight is 315 g/mol. The maximum atomic E-state index is 12.5. The van der Waals surface area contributed by atoms with E-state index in [9.17, 15) is 14.9 Å². The Labute approximate surface area is 133 Å². The second kappa shape index (κ2) is 6.48. The van der Waals surface area contributed by atoms with Crippen molar-refractivity contribution < 1.29 is 19.2 Å². The second-order valence-corrected chi connectivity index (χ2v) is 5.47. The van der Waals surface area contributed by atoms with E-state index in [1.165, 1.54) is 25.3 Å². The number of rotatable bonds is 5. The number of methoxy groups -OCH3 is 1. The van der Waals surface area contributed by atoms with Gasteiger partial charge in [0.15, 0.2) is 0 Å². The van der Waals surface area contributed by atoms with Crippen LogP contribution in [0.2, 0.25) is 0 Å². The Kier molecular flexibility index (Phi) is 4.64. The zero-order valence-corrected chi connectivity index (χ0v) is 13.1. The van der Waals surface area contributed by atoms with Gasteiger partial charge in [0.2, 0.25) is 5.75 Å². The number of carbonyl (C=O) groups is 1. The van der Waals surface area contributed by atoms with Crippen LogP contribution in [0.15, 0.2) is 48.5 Å². The summed E-state index contributed by atoms with van der Waals surface area (Å²) in [4.78, 5) is 23.0. The molecule has 120 valence electrons. The molecule has 0 radical (unpaired) electrons. The van der Waals surface area contributed by atoms with Crippen molar-refractivity contribution in [2.75, 3.05) is 7.11 Å². The molecular formula is C17H17NO5. The molecule has 0 aromatic heterocycles. The van der Waals surface area contributed by atoms with Gasteiger partial charge in [0.1, 0.15) is 5.75 Å². The van der Waals surface area contributed by atoms with Crippen molar-refractivity contribution in [3.05, 3.63) is 64.2 Å². The summed E-state index contributed by atoms with van der Waals surface area (Å²) >= 11 is 0. The van der Waals surface area contributed by atoms with Crippen LogP contribution in [0.3, 0.4) is 0 Å². The van der Waals surface area contributed by atoms with E-state index in [0.717, 1.165) is 5.56 Å². The van der Waals surface area contributed by atoms with E-state index in [1.807, 2.05) is 30.3 Å². The van der Waals surface area contributed by atoms with E-state index >= 15 is 0 Å². The molecule has 0 atom stereocenters. The maximum absolute atomic E-state index is 12.5. The second-order valence-electron chi connectivity index (χ2n) is 5.47. The van der Waals surface area contributed by atoms with Crippen molar-refractivity contribution in [1.82, 2.24) is 0 Å². The van der Waals surface area contributed by atoms with Crippen LogP contribution in [0.25, 0.3) is 0 Å².